The first kappa shape index (κ1) is 88.4. The number of imidazole rings is 1. The number of allylic oxidation sites excluding steroid dienone is 7. The molecule has 3 amide bonds. The topological polar surface area (TPSA) is 509 Å². The molecule has 1 aromatic heterocycles. The Balaban J connectivity index is 0.00000202. The van der Waals surface area contributed by atoms with Crippen LogP contribution in [0.15, 0.2) is 132 Å². The maximum absolute atomic E-state index is 14.1. The SMILES string of the molecule is CC1(C)C(=CC=C2CCCC(C=CC3=[N+](CCCCS(=O)(=O)O)c4ccccc4C3(C)C)=C2Oc2ccc(C[C@H](CC(=O)[C@H](Cc3cnc[nH]3)NC(=O)CCCCC(=O)CC[C@H](NC(=O)NCCCC(=O)O)C(=O)O)C(=O)O)cc2)N(CCCCS(=O)(=O)[O-])c2ccccc21.O=C=O.O=S(=O)=O.O=S(=O)=O. The lowest BCUT2D eigenvalue weighted by Crippen LogP contribution is -2.46. The molecule has 1 aliphatic carbocycles. The zero-order valence-electron chi connectivity index (χ0n) is 58.7. The van der Waals surface area contributed by atoms with Gasteiger partial charge in [0.2, 0.25) is 11.6 Å². The minimum Gasteiger partial charge on any atom is -0.748 e. The first-order valence-electron chi connectivity index (χ1n) is 33.5. The average Bonchev–Trinajstić information content (AvgIpc) is 1.60. The number of anilines is 1. The third-order valence-electron chi connectivity index (χ3n) is 17.4. The molecule has 7 rings (SSSR count). The number of ketones is 2. The van der Waals surface area contributed by atoms with Crippen LogP contribution in [0.2, 0.25) is 0 Å². The molecule has 3 heterocycles. The molecule has 0 bridgehead atoms. The van der Waals surface area contributed by atoms with Gasteiger partial charge in [-0.2, -0.15) is 22.6 Å². The van der Waals surface area contributed by atoms with E-state index in [1.807, 2.05) is 36.4 Å². The summed E-state index contributed by atoms with van der Waals surface area (Å²) in [4.78, 5) is 113. The lowest BCUT2D eigenvalue weighted by atomic mass is 9.81. The summed E-state index contributed by atoms with van der Waals surface area (Å²) in [5, 5.41) is 36.3. The Labute approximate surface area is 616 Å². The number of carboxylic acid groups (broad SMARTS) is 3. The fraction of sp³-hybridized carbons (Fsp3) is 0.457. The number of benzene rings is 3. The van der Waals surface area contributed by atoms with Crippen molar-refractivity contribution in [3.05, 3.63) is 155 Å². The van der Waals surface area contributed by atoms with Crippen LogP contribution >= 0.6 is 0 Å². The highest BCUT2D eigenvalue weighted by Gasteiger charge is 2.44. The molecule has 0 spiro atoms. The number of unbranched alkanes of at least 4 members (excludes halogenated alkanes) is 3. The first-order chi connectivity index (χ1) is 49.9. The van der Waals surface area contributed by atoms with Crippen molar-refractivity contribution < 1.29 is 119 Å². The number of nitrogens with zero attached hydrogens (tertiary/aromatic N) is 3. The second-order valence-electron chi connectivity index (χ2n) is 25.8. The average molecular weight is 1550 g/mol. The van der Waals surface area contributed by atoms with Gasteiger partial charge in [-0.1, -0.05) is 68.5 Å². The number of fused-ring (bicyclic) bond motifs is 2. The number of hydrogen-bond donors (Lipinski definition) is 8. The molecule has 3 aromatic carbocycles. The molecule has 4 aromatic rings. The monoisotopic (exact) mass is 1550 g/mol. The number of Topliss-reactive ketones (excluding diaryl/α,β-unsaturated/α-hetero) is 2. The number of aromatic amines is 1. The first-order valence-corrected chi connectivity index (χ1v) is 38.7. The summed E-state index contributed by atoms with van der Waals surface area (Å²) in [5.41, 5.74) is 8.07. The van der Waals surface area contributed by atoms with Crippen molar-refractivity contribution in [1.82, 2.24) is 25.9 Å². The minimum atomic E-state index is -4.39. The predicted octanol–water partition coefficient (Wildman–Crippen LogP) is 6.33. The fourth-order valence-corrected chi connectivity index (χ4v) is 13.5. The van der Waals surface area contributed by atoms with E-state index in [2.05, 4.69) is 99.5 Å². The summed E-state index contributed by atoms with van der Waals surface area (Å²) in [7, 11) is -14.8. The normalized spacial score (nSPS) is 15.7. The smallest absolute Gasteiger partial charge is 0.425 e. The molecule has 0 saturated carbocycles. The van der Waals surface area contributed by atoms with E-state index >= 15 is 0 Å². The molecule has 0 fully saturated rings. The number of aromatic nitrogens is 2. The highest BCUT2D eigenvalue weighted by Crippen LogP contribution is 2.48. The number of hydrogen-bond acceptors (Lipinski definition) is 23. The second-order valence-corrected chi connectivity index (χ2v) is 29.8. The Morgan fingerprint density at radius 3 is 1.97 bits per heavy atom. The lowest BCUT2D eigenvalue weighted by Gasteiger charge is -2.28. The summed E-state index contributed by atoms with van der Waals surface area (Å²) in [6, 6.07) is 19.8. The van der Waals surface area contributed by atoms with Crippen LogP contribution < -0.4 is 25.6 Å². The number of nitrogens with one attached hydrogen (secondary N) is 4. The molecule has 36 heteroatoms. The summed E-state index contributed by atoms with van der Waals surface area (Å²) in [6.45, 7) is 9.52. The highest BCUT2D eigenvalue weighted by atomic mass is 32.2. The molecular formula is C70H87N7O25S4. The predicted molar refractivity (Wildman–Crippen MR) is 379 cm³/mol. The van der Waals surface area contributed by atoms with Gasteiger partial charge in [-0.3, -0.25) is 28.5 Å². The number of amides is 3. The van der Waals surface area contributed by atoms with Crippen molar-refractivity contribution in [1.29, 1.82) is 0 Å². The van der Waals surface area contributed by atoms with E-state index in [1.165, 1.54) is 12.5 Å². The van der Waals surface area contributed by atoms with Gasteiger partial charge in [-0.05, 0) is 137 Å². The maximum atomic E-state index is 14.1. The number of carboxylic acids is 3. The Kier molecular flexibility index (Phi) is 35.7. The van der Waals surface area contributed by atoms with Gasteiger partial charge in [0.25, 0.3) is 10.1 Å². The zero-order chi connectivity index (χ0) is 79.0. The number of para-hydroxylation sites is 2. The number of H-pyrrole nitrogens is 1. The van der Waals surface area contributed by atoms with Gasteiger partial charge < -0.3 is 50.4 Å². The standard InChI is InChI=1S/C69H87N7O17S2.CO2.2O3S/c1-68(2)53-20-6-8-22-57(53)75(37-11-13-39-94(87,88)89)60(68)34-28-47-17-15-18-48(29-35-61-69(3,4)54-21-7-9-23-58(54)76(61)38-12-14-40-95(90,91)92)64(47)93-52-31-26-46(27-32-52)41-49(65(82)83)42-59(78)56(43-50-44-70-45-72-50)73-62(79)24-10-5-19-51(77)30-33-55(66(84)85)74-67(86)71-36-16-25-63(80)81;2-1-3;2*1-4(2)3/h6-9,20-23,26-29,31-32,34-35,44-45,49,55-56H,5,10-19,24-25,30,33,36-43H2,1-4H3,(H8-,70,71,72,73,74,79,80,81,82,83,84,85,86,87,88,89,90,91,92);;;/t49-,55+,56+;;;/m1.../s1. The minimum absolute atomic E-state index is 0.00866. The van der Waals surface area contributed by atoms with Crippen LogP contribution in [-0.4, -0.2) is 178 Å². The molecule has 8 N–H and O–H groups in total. The van der Waals surface area contributed by atoms with E-state index in [0.29, 0.717) is 61.5 Å². The molecular weight excluding hydrogens is 1470 g/mol. The van der Waals surface area contributed by atoms with Gasteiger partial charge in [0.05, 0.1) is 39.6 Å². The lowest BCUT2D eigenvalue weighted by molar-refractivity contribution is -0.438. The number of ether oxygens (including phenoxy) is 1. The Hall–Kier alpha value is -9.97. The van der Waals surface area contributed by atoms with Crippen LogP contribution in [0.25, 0.3) is 0 Å². The molecule has 0 radical (unpaired) electrons. The second kappa shape index (κ2) is 42.9. The number of carbonyl (C=O) groups excluding carboxylic acids is 6. The fourth-order valence-electron chi connectivity index (χ4n) is 12.4. The van der Waals surface area contributed by atoms with Gasteiger partial charge >= 0.3 is 51.3 Å². The quantitative estimate of drug-likeness (QED) is 0.0138. The van der Waals surface area contributed by atoms with Crippen molar-refractivity contribution in [3.63, 3.8) is 0 Å². The van der Waals surface area contributed by atoms with Gasteiger partial charge in [-0.25, -0.2) is 23.0 Å². The number of aliphatic carboxylic acids is 3. The molecule has 2 aliphatic heterocycles. The Morgan fingerprint density at radius 1 is 0.726 bits per heavy atom. The van der Waals surface area contributed by atoms with E-state index in [-0.39, 0.29) is 101 Å². The van der Waals surface area contributed by atoms with Crippen molar-refractivity contribution in [3.8, 4) is 5.75 Å². The van der Waals surface area contributed by atoms with Crippen LogP contribution in [0.3, 0.4) is 0 Å². The Morgan fingerprint density at radius 2 is 1.36 bits per heavy atom. The van der Waals surface area contributed by atoms with E-state index < -0.39 is 118 Å². The molecule has 0 unspecified atom stereocenters. The van der Waals surface area contributed by atoms with Gasteiger partial charge in [0.1, 0.15) is 29.9 Å². The molecule has 0 saturated heterocycles. The number of rotatable bonds is 38. The molecule has 106 heavy (non-hydrogen) atoms. The van der Waals surface area contributed by atoms with Gasteiger partial charge in [0.15, 0.2) is 11.5 Å². The van der Waals surface area contributed by atoms with Crippen molar-refractivity contribution in [2.45, 2.75) is 166 Å². The third-order valence-corrected chi connectivity index (χ3v) is 19.0. The van der Waals surface area contributed by atoms with E-state index in [1.54, 1.807) is 24.3 Å². The Bertz CT molecular complexity index is 4410. The maximum Gasteiger partial charge on any atom is 0.425 e. The summed E-state index contributed by atoms with van der Waals surface area (Å²) in [5.74, 6) is -5.93. The van der Waals surface area contributed by atoms with Crippen LogP contribution in [0.4, 0.5) is 16.2 Å². The van der Waals surface area contributed by atoms with Gasteiger partial charge in [0, 0.05) is 110 Å². The molecule has 32 nitrogen and oxygen atoms in total. The molecule has 3 aliphatic rings. The van der Waals surface area contributed by atoms with Crippen LogP contribution in [0.1, 0.15) is 153 Å². The van der Waals surface area contributed by atoms with Crippen molar-refractivity contribution >= 4 is 106 Å². The van der Waals surface area contributed by atoms with Crippen molar-refractivity contribution in [2.24, 2.45) is 5.92 Å². The number of carbonyl (C=O) groups is 7. The number of urea groups is 1. The third kappa shape index (κ3) is 30.2. The van der Waals surface area contributed by atoms with Crippen LogP contribution in [0.5, 0.6) is 5.75 Å². The summed E-state index contributed by atoms with van der Waals surface area (Å²) in [6.07, 6.45) is 14.4. The van der Waals surface area contributed by atoms with Crippen LogP contribution in [0, 0.1) is 5.92 Å². The zero-order valence-corrected chi connectivity index (χ0v) is 62.0. The van der Waals surface area contributed by atoms with E-state index in [0.717, 1.165) is 51.5 Å². The van der Waals surface area contributed by atoms with Gasteiger partial charge in [-0.15, -0.1) is 25.3 Å². The van der Waals surface area contributed by atoms with E-state index in [4.69, 9.17) is 44.7 Å². The molecule has 3 atom stereocenters. The summed E-state index contributed by atoms with van der Waals surface area (Å²) < 4.78 is 127. The van der Waals surface area contributed by atoms with E-state index in [9.17, 15) is 69.7 Å². The van der Waals surface area contributed by atoms with Crippen LogP contribution in [-0.2, 0) is 103 Å². The largest absolute Gasteiger partial charge is 0.748 e. The molecule has 576 valence electrons. The summed E-state index contributed by atoms with van der Waals surface area (Å²) >= 11 is 0. The highest BCUT2D eigenvalue weighted by molar-refractivity contribution is 7.85. The van der Waals surface area contributed by atoms with Crippen molar-refractivity contribution in [2.75, 3.05) is 36.0 Å².